The smallest absolute Gasteiger partial charge is 0.229 e. The standard InChI is InChI=1S/C17H18N2O3S2/c1-10-3-4-12(5-11(10)2)14-7-23-17(18-14)19-15-9-24(21,22)8-13(15)6-16(19)20/h3-5,7,13,15H,6,8-9H2,1-2H3/t13-,15-/m0/s1. The summed E-state index contributed by atoms with van der Waals surface area (Å²) >= 11 is 1.40. The van der Waals surface area contributed by atoms with Crippen molar-refractivity contribution in [2.75, 3.05) is 16.4 Å². The van der Waals surface area contributed by atoms with Crippen LogP contribution in [-0.2, 0) is 14.6 Å². The summed E-state index contributed by atoms with van der Waals surface area (Å²) in [4.78, 5) is 18.6. The summed E-state index contributed by atoms with van der Waals surface area (Å²) in [7, 11) is -3.04. The molecule has 3 heterocycles. The van der Waals surface area contributed by atoms with E-state index < -0.39 is 9.84 Å². The fourth-order valence-corrected chi connectivity index (χ4v) is 6.52. The predicted octanol–water partition coefficient (Wildman–Crippen LogP) is 2.58. The Labute approximate surface area is 145 Å². The van der Waals surface area contributed by atoms with Gasteiger partial charge in [0.05, 0.1) is 23.2 Å². The van der Waals surface area contributed by atoms with Gasteiger partial charge < -0.3 is 0 Å². The highest BCUT2D eigenvalue weighted by Crippen LogP contribution is 2.39. The molecule has 7 heteroatoms. The molecule has 0 N–H and O–H groups in total. The van der Waals surface area contributed by atoms with Gasteiger partial charge in [-0.25, -0.2) is 13.4 Å². The van der Waals surface area contributed by atoms with Crippen LogP contribution in [0, 0.1) is 19.8 Å². The van der Waals surface area contributed by atoms with Crippen LogP contribution in [0.4, 0.5) is 5.13 Å². The molecular formula is C17H18N2O3S2. The van der Waals surface area contributed by atoms with Gasteiger partial charge in [0.15, 0.2) is 15.0 Å². The zero-order chi connectivity index (χ0) is 17.1. The van der Waals surface area contributed by atoms with Crippen LogP contribution in [0.3, 0.4) is 0 Å². The molecule has 2 atom stereocenters. The third-order valence-corrected chi connectivity index (χ3v) is 7.60. The maximum absolute atomic E-state index is 12.3. The van der Waals surface area contributed by atoms with E-state index in [0.717, 1.165) is 11.3 Å². The van der Waals surface area contributed by atoms with Crippen molar-refractivity contribution in [1.82, 2.24) is 4.98 Å². The molecule has 0 bridgehead atoms. The normalized spacial score (nSPS) is 25.2. The molecule has 0 aliphatic carbocycles. The number of fused-ring (bicyclic) bond motifs is 1. The summed E-state index contributed by atoms with van der Waals surface area (Å²) in [6.07, 6.45) is 0.308. The summed E-state index contributed by atoms with van der Waals surface area (Å²) < 4.78 is 23.7. The van der Waals surface area contributed by atoms with Crippen molar-refractivity contribution >= 4 is 32.2 Å². The summed E-state index contributed by atoms with van der Waals surface area (Å²) in [5.41, 5.74) is 4.27. The minimum atomic E-state index is -3.04. The molecule has 2 aliphatic rings. The van der Waals surface area contributed by atoms with Gasteiger partial charge in [0.25, 0.3) is 0 Å². The Balaban J connectivity index is 1.67. The molecule has 24 heavy (non-hydrogen) atoms. The molecule has 2 aromatic rings. The Morgan fingerprint density at radius 3 is 2.75 bits per heavy atom. The van der Waals surface area contributed by atoms with Gasteiger partial charge in [-0.3, -0.25) is 9.69 Å². The monoisotopic (exact) mass is 362 g/mol. The number of aryl methyl sites for hydroxylation is 2. The van der Waals surface area contributed by atoms with E-state index in [2.05, 4.69) is 31.0 Å². The lowest BCUT2D eigenvalue weighted by molar-refractivity contribution is -0.117. The number of rotatable bonds is 2. The van der Waals surface area contributed by atoms with Crippen molar-refractivity contribution in [3.05, 3.63) is 34.7 Å². The Bertz CT molecular complexity index is 933. The highest BCUT2D eigenvalue weighted by Gasteiger charge is 2.50. The highest BCUT2D eigenvalue weighted by atomic mass is 32.2. The minimum absolute atomic E-state index is 0.0131. The number of aromatic nitrogens is 1. The first kappa shape index (κ1) is 15.8. The van der Waals surface area contributed by atoms with Crippen LogP contribution in [-0.4, -0.2) is 36.9 Å². The summed E-state index contributed by atoms with van der Waals surface area (Å²) in [6, 6.07) is 5.92. The first-order chi connectivity index (χ1) is 11.3. The maximum Gasteiger partial charge on any atom is 0.229 e. The zero-order valence-electron chi connectivity index (χ0n) is 13.5. The number of benzene rings is 1. The van der Waals surface area contributed by atoms with E-state index in [1.165, 1.54) is 22.5 Å². The number of nitrogens with zero attached hydrogens (tertiary/aromatic N) is 2. The van der Waals surface area contributed by atoms with Crippen LogP contribution >= 0.6 is 11.3 Å². The highest BCUT2D eigenvalue weighted by molar-refractivity contribution is 7.91. The van der Waals surface area contributed by atoms with Crippen LogP contribution in [0.1, 0.15) is 17.5 Å². The SMILES string of the molecule is Cc1ccc(-c2csc(N3C(=O)C[C@H]4CS(=O)(=O)C[C@@H]43)n2)cc1C. The quantitative estimate of drug-likeness (QED) is 0.823. The van der Waals surface area contributed by atoms with Crippen LogP contribution in [0.2, 0.25) is 0 Å². The van der Waals surface area contributed by atoms with E-state index >= 15 is 0 Å². The van der Waals surface area contributed by atoms with Crippen LogP contribution in [0.5, 0.6) is 0 Å². The van der Waals surface area contributed by atoms with E-state index in [1.807, 2.05) is 11.4 Å². The topological polar surface area (TPSA) is 67.3 Å². The van der Waals surface area contributed by atoms with Gasteiger partial charge in [-0.1, -0.05) is 12.1 Å². The van der Waals surface area contributed by atoms with Crippen LogP contribution in [0.15, 0.2) is 23.6 Å². The van der Waals surface area contributed by atoms with Crippen LogP contribution in [0.25, 0.3) is 11.3 Å². The van der Waals surface area contributed by atoms with Crippen molar-refractivity contribution in [3.63, 3.8) is 0 Å². The van der Waals surface area contributed by atoms with E-state index in [0.29, 0.717) is 11.6 Å². The number of carbonyl (C=O) groups is 1. The van der Waals surface area contributed by atoms with Gasteiger partial charge in [-0.05, 0) is 31.0 Å². The molecule has 1 aromatic heterocycles. The maximum atomic E-state index is 12.3. The molecule has 2 fully saturated rings. The Morgan fingerprint density at radius 1 is 1.21 bits per heavy atom. The van der Waals surface area contributed by atoms with Gasteiger partial charge in [0.2, 0.25) is 5.91 Å². The van der Waals surface area contributed by atoms with Crippen molar-refractivity contribution in [1.29, 1.82) is 0 Å². The molecule has 4 rings (SSSR count). The van der Waals surface area contributed by atoms with Gasteiger partial charge in [-0.2, -0.15) is 0 Å². The summed E-state index contributed by atoms with van der Waals surface area (Å²) in [5, 5.41) is 2.54. The Morgan fingerprint density at radius 2 is 2.00 bits per heavy atom. The fraction of sp³-hybridized carbons (Fsp3) is 0.412. The third kappa shape index (κ3) is 2.56. The fourth-order valence-electron chi connectivity index (χ4n) is 3.55. The Kier molecular flexibility index (Phi) is 3.54. The number of thiazole rings is 1. The molecule has 2 aliphatic heterocycles. The lowest BCUT2D eigenvalue weighted by Gasteiger charge is -2.19. The van der Waals surface area contributed by atoms with Gasteiger partial charge in [0, 0.05) is 23.3 Å². The average Bonchev–Trinajstić information content (AvgIpc) is 3.14. The number of amides is 1. The van der Waals surface area contributed by atoms with Crippen molar-refractivity contribution in [2.24, 2.45) is 5.92 Å². The van der Waals surface area contributed by atoms with E-state index in [1.54, 1.807) is 4.90 Å². The van der Waals surface area contributed by atoms with E-state index in [-0.39, 0.29) is 29.4 Å². The van der Waals surface area contributed by atoms with Crippen molar-refractivity contribution in [3.8, 4) is 11.3 Å². The second kappa shape index (κ2) is 5.39. The molecular weight excluding hydrogens is 344 g/mol. The predicted molar refractivity (Wildman–Crippen MR) is 95.1 cm³/mol. The second-order valence-corrected chi connectivity index (χ2v) is 9.68. The number of anilines is 1. The lowest BCUT2D eigenvalue weighted by atomic mass is 10.1. The van der Waals surface area contributed by atoms with E-state index in [4.69, 9.17) is 0 Å². The van der Waals surface area contributed by atoms with E-state index in [9.17, 15) is 13.2 Å². The number of sulfone groups is 1. The molecule has 2 saturated heterocycles. The molecule has 126 valence electrons. The lowest BCUT2D eigenvalue weighted by Crippen LogP contribution is -2.36. The molecule has 1 aromatic carbocycles. The first-order valence-corrected chi connectivity index (χ1v) is 10.6. The molecule has 0 unspecified atom stereocenters. The first-order valence-electron chi connectivity index (χ1n) is 7.90. The molecule has 1 amide bonds. The molecule has 5 nitrogen and oxygen atoms in total. The third-order valence-electron chi connectivity index (χ3n) is 4.97. The zero-order valence-corrected chi connectivity index (χ0v) is 15.2. The van der Waals surface area contributed by atoms with Crippen molar-refractivity contribution in [2.45, 2.75) is 26.3 Å². The summed E-state index contributed by atoms with van der Waals surface area (Å²) in [5.74, 6) is 0.0782. The number of hydrogen-bond acceptors (Lipinski definition) is 5. The second-order valence-electron chi connectivity index (χ2n) is 6.69. The van der Waals surface area contributed by atoms with Gasteiger partial charge in [0.1, 0.15) is 0 Å². The molecule has 0 radical (unpaired) electrons. The largest absolute Gasteiger partial charge is 0.284 e. The Hall–Kier alpha value is -1.73. The number of carbonyl (C=O) groups excluding carboxylic acids is 1. The molecule has 0 spiro atoms. The van der Waals surface area contributed by atoms with Crippen molar-refractivity contribution < 1.29 is 13.2 Å². The van der Waals surface area contributed by atoms with Crippen LogP contribution < -0.4 is 4.90 Å². The van der Waals surface area contributed by atoms with Gasteiger partial charge in [-0.15, -0.1) is 11.3 Å². The summed E-state index contributed by atoms with van der Waals surface area (Å²) in [6.45, 7) is 4.12. The number of hydrogen-bond donors (Lipinski definition) is 0. The minimum Gasteiger partial charge on any atom is -0.284 e. The molecule has 0 saturated carbocycles. The average molecular weight is 362 g/mol. The van der Waals surface area contributed by atoms with Gasteiger partial charge >= 0.3 is 0 Å².